The van der Waals surface area contributed by atoms with Crippen LogP contribution in [0.15, 0.2) is 24.7 Å². The molecule has 0 spiro atoms. The first-order chi connectivity index (χ1) is 9.33. The second-order valence-corrected chi connectivity index (χ2v) is 6.02. The number of aryl methyl sites for hydroxylation is 2. The lowest BCUT2D eigenvalue weighted by Crippen LogP contribution is -2.35. The normalized spacial score (nSPS) is 11.7. The fourth-order valence-corrected chi connectivity index (χ4v) is 1.75. The molecular weight excluding hydrogens is 252 g/mol. The fraction of sp³-hybridized carbons (Fsp3) is 0.467. The monoisotopic (exact) mass is 274 g/mol. The largest absolute Gasteiger partial charge is 0.435 e. The van der Waals surface area contributed by atoms with Crippen molar-refractivity contribution in [3.8, 4) is 11.6 Å². The summed E-state index contributed by atoms with van der Waals surface area (Å²) in [7, 11) is 1.86. The second-order valence-electron chi connectivity index (χ2n) is 6.02. The Morgan fingerprint density at radius 3 is 2.60 bits per heavy atom. The van der Waals surface area contributed by atoms with Gasteiger partial charge in [0.15, 0.2) is 5.75 Å². The molecule has 0 amide bonds. The zero-order valence-electron chi connectivity index (χ0n) is 12.8. The zero-order valence-corrected chi connectivity index (χ0v) is 12.8. The summed E-state index contributed by atoms with van der Waals surface area (Å²) >= 11 is 0. The average Bonchev–Trinajstić information content (AvgIpc) is 2.74. The van der Waals surface area contributed by atoms with Crippen LogP contribution in [0.4, 0.5) is 0 Å². The van der Waals surface area contributed by atoms with Crippen LogP contribution >= 0.6 is 0 Å². The van der Waals surface area contributed by atoms with Gasteiger partial charge in [0.1, 0.15) is 0 Å². The Hall–Kier alpha value is -1.88. The molecule has 0 atom stereocenters. The molecule has 20 heavy (non-hydrogen) atoms. The average molecular weight is 274 g/mol. The maximum Gasteiger partial charge on any atom is 0.222 e. The maximum atomic E-state index is 5.72. The highest BCUT2D eigenvalue weighted by Gasteiger charge is 2.10. The summed E-state index contributed by atoms with van der Waals surface area (Å²) in [4.78, 5) is 4.38. The van der Waals surface area contributed by atoms with Crippen molar-refractivity contribution in [2.45, 2.75) is 39.8 Å². The lowest BCUT2D eigenvalue weighted by molar-refractivity contribution is 0.422. The molecule has 5 nitrogen and oxygen atoms in total. The van der Waals surface area contributed by atoms with Crippen molar-refractivity contribution >= 4 is 0 Å². The van der Waals surface area contributed by atoms with Gasteiger partial charge in [0.2, 0.25) is 5.88 Å². The van der Waals surface area contributed by atoms with E-state index in [0.717, 1.165) is 17.7 Å². The van der Waals surface area contributed by atoms with E-state index >= 15 is 0 Å². The summed E-state index contributed by atoms with van der Waals surface area (Å²) in [5, 5.41) is 7.51. The number of nitrogens with zero attached hydrogens (tertiary/aromatic N) is 3. The molecule has 0 aliphatic heterocycles. The van der Waals surface area contributed by atoms with Gasteiger partial charge < -0.3 is 10.1 Å². The van der Waals surface area contributed by atoms with Crippen LogP contribution < -0.4 is 10.1 Å². The molecule has 0 unspecified atom stereocenters. The van der Waals surface area contributed by atoms with Crippen molar-refractivity contribution in [3.63, 3.8) is 0 Å². The Kier molecular flexibility index (Phi) is 4.09. The first kappa shape index (κ1) is 14.5. The van der Waals surface area contributed by atoms with Crippen LogP contribution in [0.2, 0.25) is 0 Å². The predicted octanol–water partition coefficient (Wildman–Crippen LogP) is 2.80. The van der Waals surface area contributed by atoms with Gasteiger partial charge in [-0.2, -0.15) is 5.10 Å². The molecule has 5 heteroatoms. The third kappa shape index (κ3) is 4.06. The lowest BCUT2D eigenvalue weighted by Gasteiger charge is -2.20. The number of pyridine rings is 1. The van der Waals surface area contributed by atoms with Crippen molar-refractivity contribution in [1.29, 1.82) is 0 Å². The van der Waals surface area contributed by atoms with E-state index in [1.807, 2.05) is 26.4 Å². The standard InChI is InChI=1S/C15H22N4O/c1-11-6-12(8-17-15(2,3)4)7-16-14(11)20-13-9-18-19(5)10-13/h6-7,9-10,17H,8H2,1-5H3. The van der Waals surface area contributed by atoms with Crippen molar-refractivity contribution in [2.24, 2.45) is 7.05 Å². The molecule has 1 N–H and O–H groups in total. The second kappa shape index (κ2) is 5.63. The summed E-state index contributed by atoms with van der Waals surface area (Å²) in [6.07, 6.45) is 5.34. The Morgan fingerprint density at radius 1 is 1.30 bits per heavy atom. The van der Waals surface area contributed by atoms with Gasteiger partial charge in [0.25, 0.3) is 0 Å². The Balaban J connectivity index is 2.06. The molecule has 0 aliphatic carbocycles. The van der Waals surface area contributed by atoms with E-state index < -0.39 is 0 Å². The van der Waals surface area contributed by atoms with Crippen LogP contribution in [0.5, 0.6) is 11.6 Å². The molecular formula is C15H22N4O. The van der Waals surface area contributed by atoms with Crippen LogP contribution in [0.1, 0.15) is 31.9 Å². The fourth-order valence-electron chi connectivity index (χ4n) is 1.75. The van der Waals surface area contributed by atoms with Crippen LogP contribution in [0, 0.1) is 6.92 Å². The van der Waals surface area contributed by atoms with Gasteiger partial charge in [-0.05, 0) is 39.3 Å². The first-order valence-corrected chi connectivity index (χ1v) is 6.70. The minimum Gasteiger partial charge on any atom is -0.435 e. The van der Waals surface area contributed by atoms with Crippen molar-refractivity contribution < 1.29 is 4.74 Å². The quantitative estimate of drug-likeness (QED) is 0.931. The van der Waals surface area contributed by atoms with Gasteiger partial charge in [0, 0.05) is 30.9 Å². The van der Waals surface area contributed by atoms with Gasteiger partial charge in [-0.15, -0.1) is 0 Å². The Labute approximate surface area is 120 Å². The molecule has 0 saturated carbocycles. The highest BCUT2D eigenvalue weighted by atomic mass is 16.5. The minimum atomic E-state index is 0.0960. The molecule has 2 aromatic rings. The molecule has 0 bridgehead atoms. The molecule has 0 aromatic carbocycles. The Bertz CT molecular complexity index is 584. The molecule has 2 heterocycles. The first-order valence-electron chi connectivity index (χ1n) is 6.70. The van der Waals surface area contributed by atoms with Crippen LogP contribution in [0.25, 0.3) is 0 Å². The lowest BCUT2D eigenvalue weighted by atomic mass is 10.1. The number of aromatic nitrogens is 3. The van der Waals surface area contributed by atoms with Gasteiger partial charge in [-0.25, -0.2) is 4.98 Å². The molecule has 0 aliphatic rings. The molecule has 0 fully saturated rings. The van der Waals surface area contributed by atoms with Gasteiger partial charge in [-0.3, -0.25) is 4.68 Å². The van der Waals surface area contributed by atoms with Gasteiger partial charge in [-0.1, -0.05) is 0 Å². The van der Waals surface area contributed by atoms with Gasteiger partial charge in [0.05, 0.1) is 12.4 Å². The summed E-state index contributed by atoms with van der Waals surface area (Å²) in [6, 6.07) is 2.09. The van der Waals surface area contributed by atoms with Crippen molar-refractivity contribution in [2.75, 3.05) is 0 Å². The van der Waals surface area contributed by atoms with E-state index in [2.05, 4.69) is 42.2 Å². The highest BCUT2D eigenvalue weighted by molar-refractivity contribution is 5.32. The number of ether oxygens (including phenoxy) is 1. The smallest absolute Gasteiger partial charge is 0.222 e. The van der Waals surface area contributed by atoms with E-state index in [0.29, 0.717) is 11.6 Å². The van der Waals surface area contributed by atoms with Crippen LogP contribution in [-0.2, 0) is 13.6 Å². The van der Waals surface area contributed by atoms with E-state index in [1.54, 1.807) is 10.9 Å². The molecule has 0 saturated heterocycles. The number of hydrogen-bond donors (Lipinski definition) is 1. The topological polar surface area (TPSA) is 52.0 Å². The van der Waals surface area contributed by atoms with Gasteiger partial charge >= 0.3 is 0 Å². The molecule has 108 valence electrons. The molecule has 2 rings (SSSR count). The van der Waals surface area contributed by atoms with E-state index in [9.17, 15) is 0 Å². The number of rotatable bonds is 4. The van der Waals surface area contributed by atoms with Crippen LogP contribution in [0.3, 0.4) is 0 Å². The van der Waals surface area contributed by atoms with Crippen LogP contribution in [-0.4, -0.2) is 20.3 Å². The number of nitrogens with one attached hydrogen (secondary N) is 1. The van der Waals surface area contributed by atoms with E-state index in [1.165, 1.54) is 0 Å². The summed E-state index contributed by atoms with van der Waals surface area (Å²) < 4.78 is 7.42. The summed E-state index contributed by atoms with van der Waals surface area (Å²) in [6.45, 7) is 9.23. The molecule has 0 radical (unpaired) electrons. The van der Waals surface area contributed by atoms with Crippen molar-refractivity contribution in [1.82, 2.24) is 20.1 Å². The minimum absolute atomic E-state index is 0.0960. The predicted molar refractivity (Wildman–Crippen MR) is 78.8 cm³/mol. The van der Waals surface area contributed by atoms with E-state index in [4.69, 9.17) is 4.74 Å². The SMILES string of the molecule is Cc1cc(CNC(C)(C)C)cnc1Oc1cnn(C)c1. The summed E-state index contributed by atoms with van der Waals surface area (Å²) in [5.74, 6) is 1.32. The molecule has 2 aromatic heterocycles. The van der Waals surface area contributed by atoms with Crippen molar-refractivity contribution in [3.05, 3.63) is 35.8 Å². The van der Waals surface area contributed by atoms with E-state index in [-0.39, 0.29) is 5.54 Å². The number of hydrogen-bond acceptors (Lipinski definition) is 4. The Morgan fingerprint density at radius 2 is 2.05 bits per heavy atom. The summed E-state index contributed by atoms with van der Waals surface area (Å²) in [5.41, 5.74) is 2.26. The third-order valence-corrected chi connectivity index (χ3v) is 2.81. The zero-order chi connectivity index (χ0) is 14.8. The third-order valence-electron chi connectivity index (χ3n) is 2.81. The maximum absolute atomic E-state index is 5.72. The highest BCUT2D eigenvalue weighted by Crippen LogP contribution is 2.22.